The fourth-order valence-electron chi connectivity index (χ4n) is 1.69. The monoisotopic (exact) mass is 458 g/mol. The van der Waals surface area contributed by atoms with Crippen LogP contribution in [0.15, 0.2) is 0 Å². The second kappa shape index (κ2) is 11.2. The largest absolute Gasteiger partial charge is 1.00 e. The van der Waals surface area contributed by atoms with Gasteiger partial charge in [0.25, 0.3) is 0 Å². The first kappa shape index (κ1) is 28.4. The molecule has 0 amide bonds. The van der Waals surface area contributed by atoms with Gasteiger partial charge in [-0.05, 0) is 74.9 Å². The average Bonchev–Trinajstić information content (AvgIpc) is 2.40. The molecule has 8 heteroatoms. The number of hydrogen-bond donors (Lipinski definition) is 1. The zero-order valence-electron chi connectivity index (χ0n) is 15.4. The Bertz CT molecular complexity index is 519. The first-order chi connectivity index (χ1) is 10.1. The van der Waals surface area contributed by atoms with Gasteiger partial charge >= 0.3 is 35.1 Å². The molecule has 0 saturated carbocycles. The summed E-state index contributed by atoms with van der Waals surface area (Å²) in [6, 6.07) is 0. The first-order valence-electron chi connectivity index (χ1n) is 7.20. The molecule has 24 heavy (non-hydrogen) atoms. The number of alkyl halides is 3. The zero-order chi connectivity index (χ0) is 19.2. The molecule has 3 nitrogen and oxygen atoms in total. The molecule has 0 heterocycles. The van der Waals surface area contributed by atoms with Crippen molar-refractivity contribution < 1.29 is 45.6 Å². The Morgan fingerprint density at radius 3 is 0.875 bits per heavy atom. The van der Waals surface area contributed by atoms with E-state index in [0.29, 0.717) is 0 Å². The van der Waals surface area contributed by atoms with Crippen LogP contribution in [0.5, 0.6) is 0 Å². The molecule has 1 radical (unpaired) electrons. The van der Waals surface area contributed by atoms with Gasteiger partial charge < -0.3 is 0 Å². The number of halogens is 3. The van der Waals surface area contributed by atoms with Gasteiger partial charge in [-0.25, -0.2) is 0 Å². The van der Waals surface area contributed by atoms with Crippen LogP contribution in [0, 0.1) is 41.5 Å². The number of benzene rings is 1. The summed E-state index contributed by atoms with van der Waals surface area (Å²) in [5, 5.41) is 0. The molecule has 0 atom stereocenters. The van der Waals surface area contributed by atoms with Gasteiger partial charge in [0.2, 0.25) is 0 Å². The molecule has 0 aromatic heterocycles. The second-order valence-electron chi connectivity index (χ2n) is 5.38. The summed E-state index contributed by atoms with van der Waals surface area (Å²) in [6.45, 7) is 17.5. The Labute approximate surface area is 156 Å². The smallest absolute Gasteiger partial charge is 0.279 e. The summed E-state index contributed by atoms with van der Waals surface area (Å²) in [6.07, 6.45) is 1.25. The summed E-state index contributed by atoms with van der Waals surface area (Å²) in [5.74, 6) is 0. The van der Waals surface area contributed by atoms with Crippen molar-refractivity contribution in [3.05, 3.63) is 33.4 Å². The van der Waals surface area contributed by atoms with E-state index < -0.39 is 15.6 Å². The van der Waals surface area contributed by atoms with Gasteiger partial charge in [0, 0.05) is 0 Å². The number of rotatable bonds is 0. The molecule has 143 valence electrons. The molecule has 0 unspecified atom stereocenters. The van der Waals surface area contributed by atoms with Crippen LogP contribution in [-0.2, 0) is 29.6 Å². The minimum atomic E-state index is -5.84. The quantitative estimate of drug-likeness (QED) is 0.325. The molecular weight excluding hydrogens is 430 g/mol. The topological polar surface area (TPSA) is 54.4 Å². The Morgan fingerprint density at radius 2 is 0.833 bits per heavy atom. The van der Waals surface area contributed by atoms with E-state index in [1.54, 1.807) is 0 Å². The third-order valence-electron chi connectivity index (χ3n) is 3.67. The van der Waals surface area contributed by atoms with Crippen molar-refractivity contribution in [2.24, 2.45) is 0 Å². The Hall–Kier alpha value is -0.457. The maximum absolute atomic E-state index is 10.7. The second-order valence-corrected chi connectivity index (χ2v) is 6.79. The van der Waals surface area contributed by atoms with E-state index in [1.807, 2.05) is 0 Å². The van der Waals surface area contributed by atoms with E-state index in [-0.39, 0.29) is 19.5 Å². The molecule has 0 saturated heterocycles. The minimum absolute atomic E-state index is 0. The molecule has 1 aromatic rings. The van der Waals surface area contributed by atoms with E-state index in [9.17, 15) is 13.2 Å². The van der Waals surface area contributed by atoms with Crippen molar-refractivity contribution in [3.8, 4) is 0 Å². The van der Waals surface area contributed by atoms with Crippen LogP contribution in [0.4, 0.5) is 13.2 Å². The predicted octanol–water partition coefficient (Wildman–Crippen LogP) is 5.34. The van der Waals surface area contributed by atoms with Crippen molar-refractivity contribution in [1.82, 2.24) is 0 Å². The summed E-state index contributed by atoms with van der Waals surface area (Å²) in [7, 11) is -5.84. The maximum Gasteiger partial charge on any atom is 1.00 e. The molecule has 1 N–H and O–H groups in total. The predicted molar refractivity (Wildman–Crippen MR) is 88.4 cm³/mol. The third kappa shape index (κ3) is 8.58. The van der Waals surface area contributed by atoms with Crippen molar-refractivity contribution >= 4 is 10.1 Å². The van der Waals surface area contributed by atoms with Crippen molar-refractivity contribution in [2.45, 2.75) is 67.3 Å². The normalized spacial score (nSPS) is 10.7. The van der Waals surface area contributed by atoms with Gasteiger partial charge in [-0.15, -0.1) is 0 Å². The Morgan fingerprint density at radius 1 is 0.750 bits per heavy atom. The van der Waals surface area contributed by atoms with Gasteiger partial charge in [0.1, 0.15) is 0 Å². The maximum atomic E-state index is 10.7. The zero-order valence-corrected chi connectivity index (χ0v) is 17.9. The molecule has 0 bridgehead atoms. The summed E-state index contributed by atoms with van der Waals surface area (Å²) in [5.41, 5.74) is 3.19. The Balaban J connectivity index is -0.000000322. The van der Waals surface area contributed by atoms with Crippen molar-refractivity contribution in [1.29, 1.82) is 0 Å². The standard InChI is InChI=1S/C12H18.C3H8.CHF3O3S.Ru/c1-7-8(2)10(4)12(6)11(5)9(7)3;1-3-2;2-1(3,4)8(5,6)7;/h1-6H3;3H2,1-2H3;(H,5,6,7);/q;;;+1. The fourth-order valence-corrected chi connectivity index (χ4v) is 1.69. The molecule has 0 aliphatic heterocycles. The average molecular weight is 458 g/mol. The summed E-state index contributed by atoms with van der Waals surface area (Å²) >= 11 is 0. The van der Waals surface area contributed by atoms with Crippen molar-refractivity contribution in [3.63, 3.8) is 0 Å². The van der Waals surface area contributed by atoms with Crippen molar-refractivity contribution in [2.75, 3.05) is 0 Å². The van der Waals surface area contributed by atoms with Crippen LogP contribution in [-0.4, -0.2) is 18.5 Å². The first-order valence-corrected chi connectivity index (χ1v) is 8.64. The Kier molecular flexibility index (Phi) is 13.2. The van der Waals surface area contributed by atoms with E-state index >= 15 is 0 Å². The van der Waals surface area contributed by atoms with Gasteiger partial charge in [-0.1, -0.05) is 20.3 Å². The molecule has 0 spiro atoms. The molecule has 1 rings (SSSR count). The van der Waals surface area contributed by atoms with Crippen LogP contribution < -0.4 is 0 Å². The molecule has 1 aromatic carbocycles. The number of hydrogen-bond acceptors (Lipinski definition) is 2. The van der Waals surface area contributed by atoms with Crippen LogP contribution in [0.25, 0.3) is 0 Å². The minimum Gasteiger partial charge on any atom is -0.279 e. The third-order valence-corrected chi connectivity index (χ3v) is 4.25. The van der Waals surface area contributed by atoms with E-state index in [0.717, 1.165) is 0 Å². The molecule has 0 aliphatic carbocycles. The van der Waals surface area contributed by atoms with E-state index in [1.165, 1.54) is 39.8 Å². The van der Waals surface area contributed by atoms with Crippen LogP contribution >= 0.6 is 0 Å². The summed E-state index contributed by atoms with van der Waals surface area (Å²) < 4.78 is 57.5. The van der Waals surface area contributed by atoms with Crippen LogP contribution in [0.2, 0.25) is 0 Å². The van der Waals surface area contributed by atoms with Gasteiger partial charge in [-0.2, -0.15) is 21.6 Å². The van der Waals surface area contributed by atoms with Gasteiger partial charge in [-0.3, -0.25) is 4.55 Å². The summed E-state index contributed by atoms with van der Waals surface area (Å²) in [4.78, 5) is 0. The van der Waals surface area contributed by atoms with Crippen LogP contribution in [0.1, 0.15) is 53.6 Å². The molecule has 0 fully saturated rings. The van der Waals surface area contributed by atoms with E-state index in [4.69, 9.17) is 13.0 Å². The van der Waals surface area contributed by atoms with Crippen LogP contribution in [0.3, 0.4) is 0 Å². The fraction of sp³-hybridized carbons (Fsp3) is 0.625. The molecular formula is C16H27F3O3RuS+. The SMILES string of the molecule is CCC.Cc1c(C)c(C)c(C)c(C)c1C.O=S(=O)(O)C(F)(F)F.[Ru+]. The molecule has 0 aliphatic rings. The van der Waals surface area contributed by atoms with E-state index in [2.05, 4.69) is 55.4 Å². The van der Waals surface area contributed by atoms with Gasteiger partial charge in [0.05, 0.1) is 0 Å². The van der Waals surface area contributed by atoms with Gasteiger partial charge in [0.15, 0.2) is 0 Å².